The van der Waals surface area contributed by atoms with Crippen molar-refractivity contribution in [2.24, 2.45) is 0 Å². The SMILES string of the molecule is CN(C)P(=O)(N(C)C)N(C)CC(C)(Cl)Cl. The first-order valence-electron chi connectivity index (χ1n) is 4.57. The standard InChI is InChI=1S/C8H20Cl2N3OP/c1-8(9,10)7-13(6)15(14,11(2)3)12(4)5/h7H2,1-6H3. The van der Waals surface area contributed by atoms with E-state index in [4.69, 9.17) is 23.2 Å². The van der Waals surface area contributed by atoms with Crippen molar-refractivity contribution >= 4 is 30.8 Å². The summed E-state index contributed by atoms with van der Waals surface area (Å²) in [5, 5.41) is 0. The number of nitrogens with zero attached hydrogens (tertiary/aromatic N) is 3. The van der Waals surface area contributed by atoms with Gasteiger partial charge in [-0.15, -0.1) is 23.2 Å². The molecule has 0 rings (SSSR count). The smallest absolute Gasteiger partial charge is 0.270 e. The zero-order chi connectivity index (χ0) is 12.4. The molecule has 0 fully saturated rings. The molecule has 0 radical (unpaired) electrons. The summed E-state index contributed by atoms with van der Waals surface area (Å²) in [6.45, 7) is 2.02. The van der Waals surface area contributed by atoms with Gasteiger partial charge in [0.2, 0.25) is 0 Å². The summed E-state index contributed by atoms with van der Waals surface area (Å²) in [7, 11) is 6.13. The molecule has 0 bridgehead atoms. The monoisotopic (exact) mass is 275 g/mol. The molecule has 0 aromatic carbocycles. The number of hydrogen-bond donors (Lipinski definition) is 0. The molecule has 0 aliphatic carbocycles. The molecule has 0 aromatic heterocycles. The third-order valence-electron chi connectivity index (χ3n) is 1.99. The van der Waals surface area contributed by atoms with Crippen molar-refractivity contribution in [3.8, 4) is 0 Å². The maximum atomic E-state index is 12.7. The molecule has 15 heavy (non-hydrogen) atoms. The van der Waals surface area contributed by atoms with Gasteiger partial charge in [0, 0.05) is 6.54 Å². The molecule has 4 nitrogen and oxygen atoms in total. The zero-order valence-corrected chi connectivity index (χ0v) is 12.6. The first-order chi connectivity index (χ1) is 6.51. The second-order valence-corrected chi connectivity index (χ2v) is 9.26. The molecule has 0 aliphatic heterocycles. The van der Waals surface area contributed by atoms with Crippen LogP contribution >= 0.6 is 30.8 Å². The Balaban J connectivity index is 4.89. The summed E-state index contributed by atoms with van der Waals surface area (Å²) in [6, 6.07) is 0. The lowest BCUT2D eigenvalue weighted by Gasteiger charge is -2.38. The quantitative estimate of drug-likeness (QED) is 0.569. The van der Waals surface area contributed by atoms with Crippen LogP contribution in [0.4, 0.5) is 0 Å². The van der Waals surface area contributed by atoms with E-state index in [0.717, 1.165) is 0 Å². The highest BCUT2D eigenvalue weighted by Crippen LogP contribution is 2.52. The number of halogens is 2. The average Bonchev–Trinajstić information content (AvgIpc) is 1.98. The summed E-state index contributed by atoms with van der Waals surface area (Å²) < 4.78 is 16.8. The summed E-state index contributed by atoms with van der Waals surface area (Å²) in [5.74, 6) is 0. The van der Waals surface area contributed by atoms with E-state index in [-0.39, 0.29) is 0 Å². The Hall–Kier alpha value is 0.690. The van der Waals surface area contributed by atoms with Crippen LogP contribution in [-0.4, -0.2) is 60.1 Å². The molecular weight excluding hydrogens is 256 g/mol. The largest absolute Gasteiger partial charge is 0.285 e. The van der Waals surface area contributed by atoms with E-state index in [1.807, 2.05) is 0 Å². The van der Waals surface area contributed by atoms with Gasteiger partial charge in [0.05, 0.1) is 0 Å². The van der Waals surface area contributed by atoms with Crippen LogP contribution in [0.1, 0.15) is 6.92 Å². The lowest BCUT2D eigenvalue weighted by Crippen LogP contribution is -2.37. The van der Waals surface area contributed by atoms with E-state index >= 15 is 0 Å². The zero-order valence-electron chi connectivity index (χ0n) is 10.2. The summed E-state index contributed by atoms with van der Waals surface area (Å²) in [6.07, 6.45) is 0. The van der Waals surface area contributed by atoms with Gasteiger partial charge >= 0.3 is 0 Å². The van der Waals surface area contributed by atoms with Gasteiger partial charge in [-0.25, -0.2) is 14.0 Å². The molecule has 0 saturated heterocycles. The van der Waals surface area contributed by atoms with Crippen molar-refractivity contribution in [3.63, 3.8) is 0 Å². The van der Waals surface area contributed by atoms with Gasteiger partial charge in [0.25, 0.3) is 7.59 Å². The van der Waals surface area contributed by atoms with Crippen molar-refractivity contribution in [1.82, 2.24) is 14.0 Å². The van der Waals surface area contributed by atoms with E-state index < -0.39 is 11.9 Å². The molecule has 92 valence electrons. The maximum absolute atomic E-state index is 12.7. The van der Waals surface area contributed by atoms with E-state index in [9.17, 15) is 4.57 Å². The fourth-order valence-corrected chi connectivity index (χ4v) is 4.39. The normalized spacial score (nSPS) is 14.3. The lowest BCUT2D eigenvalue weighted by molar-refractivity contribution is 0.354. The Kier molecular flexibility index (Phi) is 5.59. The van der Waals surface area contributed by atoms with Crippen LogP contribution in [0, 0.1) is 0 Å². The Labute approximate surface area is 103 Å². The molecule has 7 heteroatoms. The van der Waals surface area contributed by atoms with Crippen LogP contribution in [0.2, 0.25) is 0 Å². The number of hydrogen-bond acceptors (Lipinski definition) is 1. The Morgan fingerprint density at radius 3 is 1.60 bits per heavy atom. The van der Waals surface area contributed by atoms with E-state index in [1.54, 1.807) is 56.2 Å². The fraction of sp³-hybridized carbons (Fsp3) is 1.00. The van der Waals surface area contributed by atoms with Crippen LogP contribution in [0.3, 0.4) is 0 Å². The lowest BCUT2D eigenvalue weighted by atomic mass is 10.5. The van der Waals surface area contributed by atoms with Crippen LogP contribution in [0.15, 0.2) is 0 Å². The minimum Gasteiger partial charge on any atom is -0.270 e. The van der Waals surface area contributed by atoms with Crippen molar-refractivity contribution in [3.05, 3.63) is 0 Å². The Morgan fingerprint density at radius 1 is 1.07 bits per heavy atom. The van der Waals surface area contributed by atoms with Gasteiger partial charge in [-0.2, -0.15) is 0 Å². The highest BCUT2D eigenvalue weighted by molar-refractivity contribution is 7.56. The van der Waals surface area contributed by atoms with Crippen molar-refractivity contribution in [1.29, 1.82) is 0 Å². The molecule has 0 heterocycles. The van der Waals surface area contributed by atoms with Crippen LogP contribution in [0.25, 0.3) is 0 Å². The van der Waals surface area contributed by atoms with Crippen molar-refractivity contribution < 1.29 is 4.57 Å². The maximum Gasteiger partial charge on any atom is 0.285 e. The minimum absolute atomic E-state index is 0.337. The van der Waals surface area contributed by atoms with Crippen LogP contribution in [0.5, 0.6) is 0 Å². The number of rotatable bonds is 5. The fourth-order valence-electron chi connectivity index (χ4n) is 1.46. The average molecular weight is 276 g/mol. The number of alkyl halides is 2. The van der Waals surface area contributed by atoms with E-state index in [0.29, 0.717) is 6.54 Å². The van der Waals surface area contributed by atoms with Gasteiger partial charge in [-0.3, -0.25) is 4.57 Å². The van der Waals surface area contributed by atoms with E-state index in [1.165, 1.54) is 0 Å². The molecule has 0 aromatic rings. The third-order valence-corrected chi connectivity index (χ3v) is 5.35. The highest BCUT2D eigenvalue weighted by atomic mass is 35.5. The molecule has 0 N–H and O–H groups in total. The second kappa shape index (κ2) is 5.35. The van der Waals surface area contributed by atoms with Crippen LogP contribution < -0.4 is 0 Å². The van der Waals surface area contributed by atoms with E-state index in [2.05, 4.69) is 0 Å². The third kappa shape index (κ3) is 4.22. The highest BCUT2D eigenvalue weighted by Gasteiger charge is 2.36. The Morgan fingerprint density at radius 2 is 1.40 bits per heavy atom. The summed E-state index contributed by atoms with van der Waals surface area (Å²) >= 11 is 11.8. The molecule has 0 atom stereocenters. The van der Waals surface area contributed by atoms with Crippen LogP contribution in [-0.2, 0) is 4.57 Å². The molecule has 0 saturated carbocycles. The predicted octanol–water partition coefficient (Wildman–Crippen LogP) is 2.34. The molecule has 0 aliphatic rings. The topological polar surface area (TPSA) is 26.8 Å². The minimum atomic E-state index is -2.72. The first-order valence-corrected chi connectivity index (χ1v) is 6.89. The van der Waals surface area contributed by atoms with Crippen molar-refractivity contribution in [2.45, 2.75) is 11.3 Å². The molecule has 0 amide bonds. The van der Waals surface area contributed by atoms with Crippen molar-refractivity contribution in [2.75, 3.05) is 41.8 Å². The molecule has 0 spiro atoms. The molecule has 0 unspecified atom stereocenters. The van der Waals surface area contributed by atoms with Gasteiger partial charge in [-0.05, 0) is 42.2 Å². The van der Waals surface area contributed by atoms with Gasteiger partial charge < -0.3 is 0 Å². The summed E-state index contributed by atoms with van der Waals surface area (Å²) in [4.78, 5) is 0. The second-order valence-electron chi connectivity index (χ2n) is 4.09. The first kappa shape index (κ1) is 15.7. The Bertz CT molecular complexity index is 241. The molecular formula is C8H20Cl2N3OP. The van der Waals surface area contributed by atoms with Gasteiger partial charge in [-0.1, -0.05) is 0 Å². The predicted molar refractivity (Wildman–Crippen MR) is 67.7 cm³/mol. The summed E-state index contributed by atoms with van der Waals surface area (Å²) in [5.41, 5.74) is 0. The van der Waals surface area contributed by atoms with Gasteiger partial charge in [0.1, 0.15) is 4.33 Å². The van der Waals surface area contributed by atoms with Gasteiger partial charge in [0.15, 0.2) is 0 Å².